The number of hydrogen-bond acceptors (Lipinski definition) is 26. The van der Waals surface area contributed by atoms with Crippen molar-refractivity contribution in [2.45, 2.75) is 137 Å². The molecule has 16 N–H and O–H groups in total. The zero-order valence-electron chi connectivity index (χ0n) is 34.0. The summed E-state index contributed by atoms with van der Waals surface area (Å²) < 4.78 is 50.4. The first-order chi connectivity index (χ1) is 30.6. The van der Waals surface area contributed by atoms with E-state index < -0.39 is 198 Å². The fraction of sp³-hybridized carbons (Fsp3) is 0.615. The molecule has 7 rings (SSSR count). The summed E-state index contributed by atoms with van der Waals surface area (Å²) in [7, 11) is 0. The number of hydrogen-bond donors (Lipinski definition) is 16. The van der Waals surface area contributed by atoms with Crippen molar-refractivity contribution in [3.63, 3.8) is 0 Å². The largest absolute Gasteiger partial charge is 0.507 e. The zero-order chi connectivity index (χ0) is 47.5. The van der Waals surface area contributed by atoms with Crippen LogP contribution in [0.3, 0.4) is 0 Å². The quantitative estimate of drug-likeness (QED) is 0.0797. The van der Waals surface area contributed by atoms with Crippen LogP contribution in [0.4, 0.5) is 0 Å². The van der Waals surface area contributed by atoms with E-state index in [1.165, 1.54) is 13.8 Å². The highest BCUT2D eigenvalue weighted by atomic mass is 16.7. The van der Waals surface area contributed by atoms with Gasteiger partial charge in [0, 0.05) is 17.7 Å². The van der Waals surface area contributed by atoms with Crippen LogP contribution in [0.25, 0.3) is 22.3 Å². The Bertz CT molecular complexity index is 2180. The molecule has 0 saturated carbocycles. The molecule has 4 saturated heterocycles. The Morgan fingerprint density at radius 2 is 0.923 bits per heavy atom. The Morgan fingerprint density at radius 1 is 0.492 bits per heavy atom. The number of aliphatic hydroxyl groups excluding tert-OH is 12. The van der Waals surface area contributed by atoms with E-state index in [4.69, 9.17) is 42.3 Å². The molecule has 0 unspecified atom stereocenters. The summed E-state index contributed by atoms with van der Waals surface area (Å²) in [5.41, 5.74) is -2.18. The van der Waals surface area contributed by atoms with Crippen LogP contribution in [0.1, 0.15) is 13.8 Å². The third-order valence-corrected chi connectivity index (χ3v) is 11.5. The maximum atomic E-state index is 14.3. The summed E-state index contributed by atoms with van der Waals surface area (Å²) in [6, 6.07) is 3.42. The second kappa shape index (κ2) is 19.1. The third-order valence-electron chi connectivity index (χ3n) is 11.5. The highest BCUT2D eigenvalue weighted by Gasteiger charge is 2.50. The maximum absolute atomic E-state index is 14.3. The lowest BCUT2D eigenvalue weighted by Crippen LogP contribution is -2.61. The average Bonchev–Trinajstić information content (AvgIpc) is 3.26. The summed E-state index contributed by atoms with van der Waals surface area (Å²) in [6.45, 7) is 1.41. The van der Waals surface area contributed by atoms with Crippen LogP contribution in [0, 0.1) is 0 Å². The molecule has 3 aromatic rings. The maximum Gasteiger partial charge on any atom is 0.239 e. The second-order valence-electron chi connectivity index (χ2n) is 16.1. The van der Waals surface area contributed by atoms with Gasteiger partial charge in [-0.2, -0.15) is 0 Å². The average molecular weight is 935 g/mol. The zero-order valence-corrected chi connectivity index (χ0v) is 34.0. The van der Waals surface area contributed by atoms with Crippen LogP contribution in [-0.4, -0.2) is 218 Å². The van der Waals surface area contributed by atoms with Crippen molar-refractivity contribution >= 4 is 11.0 Å². The monoisotopic (exact) mass is 934 g/mol. The van der Waals surface area contributed by atoms with Gasteiger partial charge in [-0.25, -0.2) is 0 Å². The minimum Gasteiger partial charge on any atom is -0.507 e. The summed E-state index contributed by atoms with van der Waals surface area (Å²) in [6.07, 6.45) is -33.9. The Balaban J connectivity index is 1.17. The highest BCUT2D eigenvalue weighted by Crippen LogP contribution is 2.43. The van der Waals surface area contributed by atoms with E-state index in [1.807, 2.05) is 0 Å². The van der Waals surface area contributed by atoms with Crippen LogP contribution in [-0.2, 0) is 28.4 Å². The number of aliphatic hydroxyl groups is 12. The summed E-state index contributed by atoms with van der Waals surface area (Å²) >= 11 is 0. The molecular weight excluding hydrogens is 884 g/mol. The molecule has 0 spiro atoms. The van der Waals surface area contributed by atoms with Gasteiger partial charge in [-0.15, -0.1) is 0 Å². The molecule has 362 valence electrons. The van der Waals surface area contributed by atoms with Gasteiger partial charge in [0.15, 0.2) is 35.6 Å². The number of phenols is 4. The number of rotatable bonds is 11. The molecule has 26 nitrogen and oxygen atoms in total. The summed E-state index contributed by atoms with van der Waals surface area (Å²) in [5, 5.41) is 167. The van der Waals surface area contributed by atoms with Crippen LogP contribution in [0.5, 0.6) is 34.5 Å². The highest BCUT2D eigenvalue weighted by molar-refractivity contribution is 5.88. The van der Waals surface area contributed by atoms with E-state index in [2.05, 4.69) is 0 Å². The molecule has 26 heteroatoms. The van der Waals surface area contributed by atoms with Crippen molar-refractivity contribution in [1.29, 1.82) is 0 Å². The molecule has 65 heavy (non-hydrogen) atoms. The van der Waals surface area contributed by atoms with Gasteiger partial charge >= 0.3 is 0 Å². The smallest absolute Gasteiger partial charge is 0.239 e. The second-order valence-corrected chi connectivity index (χ2v) is 16.1. The normalized spacial score (nSPS) is 40.2. The molecule has 4 aliphatic rings. The predicted molar refractivity (Wildman–Crippen MR) is 206 cm³/mol. The SMILES string of the molecule is C[C@@H]1O[C@@H](OC[C@H]2O[C@@H](Oc3cc(O)c4c(=O)c(O[C@@H]5O[C@H](CO[C@@H]6O[C@@H](C)[C@H](O)[C@@H](O)[C@H]6O)[C@@H](O)[C@H](O)[C@H]5O)c(-c5cc(O)c(O)c(O)c5)oc4c3)[C@H](O)[C@@H](O)[C@@H]2O)[C@H](O)[C@H](O)[C@H]1O. The van der Waals surface area contributed by atoms with Gasteiger partial charge < -0.3 is 124 Å². The standard InChI is InChI=1S/C39H50O26/c1-9-20(43)26(49)30(53)36(59-9)57-7-17-23(46)28(51)32(55)38(63-17)61-12-5-13(40)19-16(6-12)62-34(11-3-14(41)22(45)15(42)4-11)35(25(19)48)65-39-33(56)29(52)24(47)18(64-39)8-58-37-31(54)27(50)21(44)10(2)60-37/h3-6,9-10,17-18,20-21,23-24,26-33,36-47,49-56H,7-8H2,1-2H3/t9-,10-,17+,18+,20-,21-,23+,24+,26+,27+,28-,29-,30+,31+,32+,33+,36+,37+,38+,39-/m0/s1. The molecule has 0 aliphatic carbocycles. The fourth-order valence-corrected chi connectivity index (χ4v) is 7.59. The molecule has 0 radical (unpaired) electrons. The van der Waals surface area contributed by atoms with E-state index in [0.717, 1.165) is 24.3 Å². The molecule has 0 bridgehead atoms. The molecule has 4 fully saturated rings. The van der Waals surface area contributed by atoms with Crippen molar-refractivity contribution in [2.24, 2.45) is 0 Å². The van der Waals surface area contributed by atoms with Crippen LogP contribution in [0.2, 0.25) is 0 Å². The Kier molecular flexibility index (Phi) is 14.3. The first kappa shape index (κ1) is 48.7. The van der Waals surface area contributed by atoms with Crippen LogP contribution in [0.15, 0.2) is 33.5 Å². The van der Waals surface area contributed by atoms with E-state index in [-0.39, 0.29) is 0 Å². The van der Waals surface area contributed by atoms with E-state index in [1.54, 1.807) is 0 Å². The predicted octanol–water partition coefficient (Wildman–Crippen LogP) is -5.66. The fourth-order valence-electron chi connectivity index (χ4n) is 7.59. The van der Waals surface area contributed by atoms with Crippen molar-refractivity contribution < 1.29 is 124 Å². The Morgan fingerprint density at radius 3 is 1.40 bits per heavy atom. The van der Waals surface area contributed by atoms with Gasteiger partial charge in [-0.1, -0.05) is 0 Å². The molecule has 2 aromatic carbocycles. The van der Waals surface area contributed by atoms with E-state index >= 15 is 0 Å². The number of benzene rings is 2. The molecular formula is C39H50O26. The molecule has 4 aliphatic heterocycles. The van der Waals surface area contributed by atoms with Crippen LogP contribution < -0.4 is 14.9 Å². The lowest BCUT2D eigenvalue weighted by molar-refractivity contribution is -0.318. The molecule has 0 amide bonds. The lowest BCUT2D eigenvalue weighted by atomic mass is 9.98. The van der Waals surface area contributed by atoms with E-state index in [0.29, 0.717) is 0 Å². The van der Waals surface area contributed by atoms with Crippen molar-refractivity contribution in [3.05, 3.63) is 34.5 Å². The number of aromatic hydroxyl groups is 4. The van der Waals surface area contributed by atoms with Gasteiger partial charge in [0.1, 0.15) is 108 Å². The molecule has 20 atom stereocenters. The van der Waals surface area contributed by atoms with Gasteiger partial charge in [0.25, 0.3) is 0 Å². The number of ether oxygens (including phenoxy) is 8. The van der Waals surface area contributed by atoms with Crippen LogP contribution >= 0.6 is 0 Å². The molecule has 1 aromatic heterocycles. The summed E-state index contributed by atoms with van der Waals surface area (Å²) in [5.74, 6) is -5.81. The van der Waals surface area contributed by atoms with Gasteiger partial charge in [-0.3, -0.25) is 4.79 Å². The van der Waals surface area contributed by atoms with Gasteiger partial charge in [0.05, 0.1) is 25.4 Å². The number of fused-ring (bicyclic) bond motifs is 1. The molecule has 5 heterocycles. The Labute approximate surface area is 364 Å². The van der Waals surface area contributed by atoms with Crippen molar-refractivity contribution in [1.82, 2.24) is 0 Å². The summed E-state index contributed by atoms with van der Waals surface area (Å²) in [4.78, 5) is 14.3. The van der Waals surface area contributed by atoms with Crippen molar-refractivity contribution in [2.75, 3.05) is 13.2 Å². The third kappa shape index (κ3) is 9.37. The minimum absolute atomic E-state index is 0.392. The topological polar surface area (TPSA) is 428 Å². The minimum atomic E-state index is -2.14. The van der Waals surface area contributed by atoms with E-state index in [9.17, 15) is 86.5 Å². The van der Waals surface area contributed by atoms with Gasteiger partial charge in [-0.05, 0) is 26.0 Å². The Hall–Kier alpha value is -4.27. The first-order valence-corrected chi connectivity index (χ1v) is 20.0. The number of phenolic OH excluding ortho intramolecular Hbond substituents is 4. The van der Waals surface area contributed by atoms with Crippen molar-refractivity contribution in [3.8, 4) is 45.8 Å². The van der Waals surface area contributed by atoms with Gasteiger partial charge in [0.2, 0.25) is 23.8 Å². The first-order valence-electron chi connectivity index (χ1n) is 20.0. The lowest BCUT2D eigenvalue weighted by Gasteiger charge is -2.42.